The van der Waals surface area contributed by atoms with Crippen LogP contribution < -0.4 is 4.46 Å². The fourth-order valence-corrected chi connectivity index (χ4v) is 1.08. The maximum atomic E-state index is 2.93. The molecule has 0 N–H and O–H groups in total. The van der Waals surface area contributed by atoms with Gasteiger partial charge in [0.25, 0.3) is 0 Å². The molecule has 1 aromatic carbocycles. The predicted molar refractivity (Wildman–Crippen MR) is 44.5 cm³/mol. The fraction of sp³-hybridized carbons (Fsp3) is 0. The number of halogens is 1. The Bertz CT molecular complexity index is 147. The Hall–Kier alpha value is 0.469. The first-order valence-electron chi connectivity index (χ1n) is 2.21. The quantitative estimate of drug-likeness (QED) is 0.493. The minimum atomic E-state index is 1.20. The second kappa shape index (κ2) is 2.85. The molecule has 0 aliphatic rings. The molecule has 1 rings (SSSR count). The second-order valence-corrected chi connectivity index (χ2v) is 3.69. The van der Waals surface area contributed by atoms with Gasteiger partial charge in [-0.05, 0) is 0 Å². The number of benzene rings is 1. The van der Waals surface area contributed by atoms with Crippen LogP contribution >= 0.6 is 22.6 Å². The van der Waals surface area contributed by atoms with Crippen molar-refractivity contribution in [1.29, 1.82) is 0 Å². The standard InChI is InChI=1S/C6H4ISe/c7-5-1-3-6(8)4-2-5/h1-4H. The summed E-state index contributed by atoms with van der Waals surface area (Å²) >= 11 is 5.21. The SMILES string of the molecule is [Se]c1ccc(I)cc1. The molecule has 0 spiro atoms. The summed E-state index contributed by atoms with van der Waals surface area (Å²) < 4.78 is 2.48. The van der Waals surface area contributed by atoms with Crippen LogP contribution in [-0.2, 0) is 0 Å². The molecule has 0 aromatic heterocycles. The van der Waals surface area contributed by atoms with Gasteiger partial charge in [0, 0.05) is 0 Å². The molecule has 41 valence electrons. The van der Waals surface area contributed by atoms with Crippen LogP contribution in [0.3, 0.4) is 0 Å². The van der Waals surface area contributed by atoms with Crippen LogP contribution in [0.5, 0.6) is 0 Å². The molecule has 0 fully saturated rings. The van der Waals surface area contributed by atoms with E-state index in [-0.39, 0.29) is 0 Å². The average Bonchev–Trinajstić information content (AvgIpc) is 1.77. The molecule has 0 saturated carbocycles. The fourth-order valence-electron chi connectivity index (χ4n) is 0.435. The van der Waals surface area contributed by atoms with E-state index >= 15 is 0 Å². The van der Waals surface area contributed by atoms with E-state index in [1.54, 1.807) is 0 Å². The van der Waals surface area contributed by atoms with E-state index in [1.807, 2.05) is 0 Å². The van der Waals surface area contributed by atoms with Crippen molar-refractivity contribution in [2.75, 3.05) is 0 Å². The molecular weight excluding hydrogens is 278 g/mol. The van der Waals surface area contributed by atoms with Gasteiger partial charge in [-0.1, -0.05) is 0 Å². The third-order valence-electron chi connectivity index (χ3n) is 0.814. The van der Waals surface area contributed by atoms with Crippen molar-refractivity contribution >= 4 is 43.1 Å². The van der Waals surface area contributed by atoms with Gasteiger partial charge in [0.1, 0.15) is 0 Å². The van der Waals surface area contributed by atoms with Crippen LogP contribution in [0.15, 0.2) is 24.3 Å². The zero-order chi connectivity index (χ0) is 5.98. The number of hydrogen-bond donors (Lipinski definition) is 0. The first-order valence-corrected chi connectivity index (χ1v) is 4.15. The molecule has 0 saturated heterocycles. The van der Waals surface area contributed by atoms with E-state index in [2.05, 4.69) is 62.9 Å². The van der Waals surface area contributed by atoms with Gasteiger partial charge in [-0.3, -0.25) is 0 Å². The van der Waals surface area contributed by atoms with E-state index in [0.29, 0.717) is 0 Å². The van der Waals surface area contributed by atoms with Gasteiger partial charge in [0.05, 0.1) is 0 Å². The molecule has 0 atom stereocenters. The Kier molecular flexibility index (Phi) is 2.35. The first kappa shape index (κ1) is 6.59. The monoisotopic (exact) mass is 283 g/mol. The summed E-state index contributed by atoms with van der Waals surface area (Å²) in [6.07, 6.45) is 0. The zero-order valence-electron chi connectivity index (χ0n) is 4.10. The summed E-state index contributed by atoms with van der Waals surface area (Å²) in [5, 5.41) is 0. The second-order valence-electron chi connectivity index (χ2n) is 1.45. The van der Waals surface area contributed by atoms with E-state index in [1.165, 1.54) is 8.03 Å². The van der Waals surface area contributed by atoms with Crippen LogP contribution in [0.25, 0.3) is 0 Å². The summed E-state index contributed by atoms with van der Waals surface area (Å²) in [6.45, 7) is 0. The molecular formula is C6H4ISe. The Morgan fingerprint density at radius 2 is 1.62 bits per heavy atom. The number of rotatable bonds is 0. The molecule has 0 amide bonds. The van der Waals surface area contributed by atoms with E-state index in [0.717, 1.165) is 0 Å². The molecule has 8 heavy (non-hydrogen) atoms. The third-order valence-corrected chi connectivity index (χ3v) is 2.10. The van der Waals surface area contributed by atoms with Crippen LogP contribution in [0.2, 0.25) is 0 Å². The van der Waals surface area contributed by atoms with Gasteiger partial charge in [0.15, 0.2) is 0 Å². The molecule has 0 aliphatic carbocycles. The van der Waals surface area contributed by atoms with E-state index in [9.17, 15) is 0 Å². The molecule has 0 nitrogen and oxygen atoms in total. The zero-order valence-corrected chi connectivity index (χ0v) is 7.97. The molecule has 0 heterocycles. The van der Waals surface area contributed by atoms with Gasteiger partial charge in [0.2, 0.25) is 0 Å². The topological polar surface area (TPSA) is 0 Å². The molecule has 0 aliphatic heterocycles. The Morgan fingerprint density at radius 3 is 2.00 bits per heavy atom. The summed E-state index contributed by atoms with van der Waals surface area (Å²) in [5.41, 5.74) is 0. The Balaban J connectivity index is 3.03. The van der Waals surface area contributed by atoms with Gasteiger partial charge in [-0.15, -0.1) is 0 Å². The summed E-state index contributed by atoms with van der Waals surface area (Å²) in [6, 6.07) is 8.27. The van der Waals surface area contributed by atoms with Gasteiger partial charge in [-0.2, -0.15) is 0 Å². The summed E-state index contributed by atoms with van der Waals surface area (Å²) in [7, 11) is 0. The van der Waals surface area contributed by atoms with Gasteiger partial charge in [-0.25, -0.2) is 0 Å². The first-order chi connectivity index (χ1) is 3.79. The van der Waals surface area contributed by atoms with Gasteiger partial charge >= 0.3 is 70.9 Å². The number of hydrogen-bond acceptors (Lipinski definition) is 0. The normalized spacial score (nSPS) is 9.12. The Morgan fingerprint density at radius 1 is 1.12 bits per heavy atom. The van der Waals surface area contributed by atoms with E-state index in [4.69, 9.17) is 0 Å². The minimum absolute atomic E-state index is 1.20. The van der Waals surface area contributed by atoms with E-state index < -0.39 is 0 Å². The van der Waals surface area contributed by atoms with Crippen LogP contribution in [0.4, 0.5) is 0 Å². The van der Waals surface area contributed by atoms with Crippen LogP contribution in [0.1, 0.15) is 0 Å². The van der Waals surface area contributed by atoms with Crippen molar-refractivity contribution in [1.82, 2.24) is 0 Å². The molecule has 1 radical (unpaired) electrons. The van der Waals surface area contributed by atoms with Crippen molar-refractivity contribution < 1.29 is 0 Å². The van der Waals surface area contributed by atoms with Crippen molar-refractivity contribution in [3.8, 4) is 0 Å². The van der Waals surface area contributed by atoms with Crippen molar-refractivity contribution in [3.63, 3.8) is 0 Å². The van der Waals surface area contributed by atoms with Crippen molar-refractivity contribution in [3.05, 3.63) is 27.8 Å². The van der Waals surface area contributed by atoms with Crippen molar-refractivity contribution in [2.24, 2.45) is 0 Å². The third kappa shape index (κ3) is 1.77. The van der Waals surface area contributed by atoms with Crippen molar-refractivity contribution in [2.45, 2.75) is 0 Å². The molecule has 0 bridgehead atoms. The van der Waals surface area contributed by atoms with Crippen LogP contribution in [-0.4, -0.2) is 16.0 Å². The summed E-state index contributed by atoms with van der Waals surface area (Å²) in [4.78, 5) is 0. The average molecular weight is 282 g/mol. The molecule has 2 heteroatoms. The van der Waals surface area contributed by atoms with Gasteiger partial charge < -0.3 is 0 Å². The summed E-state index contributed by atoms with van der Waals surface area (Å²) in [5.74, 6) is 0. The Labute approximate surface area is 70.6 Å². The molecule has 1 aromatic rings. The molecule has 0 unspecified atom stereocenters. The van der Waals surface area contributed by atoms with Crippen LogP contribution in [0, 0.1) is 3.57 Å². The predicted octanol–water partition coefficient (Wildman–Crippen LogP) is 1.08. The maximum absolute atomic E-state index is 2.93.